The lowest BCUT2D eigenvalue weighted by Gasteiger charge is -2.33. The van der Waals surface area contributed by atoms with Crippen LogP contribution >= 0.6 is 0 Å². The van der Waals surface area contributed by atoms with Crippen LogP contribution in [0.3, 0.4) is 0 Å². The van der Waals surface area contributed by atoms with E-state index in [0.29, 0.717) is 72.1 Å². The largest absolute Gasteiger partial charge is 0.381 e. The number of carbonyl (C=O) groups is 3. The van der Waals surface area contributed by atoms with Crippen molar-refractivity contribution in [1.29, 1.82) is 0 Å². The smallest absolute Gasteiger partial charge is 0.132 e. The molecule has 0 aromatic carbocycles. The molecule has 0 fully saturated rings. The second kappa shape index (κ2) is 17.9. The molecule has 0 spiro atoms. The number of nitrogens with two attached hydrogens (primary N) is 1. The quantitative estimate of drug-likeness (QED) is 0.225. The normalized spacial score (nSPS) is 11.5. The Bertz CT molecular complexity index is 407. The zero-order valence-electron chi connectivity index (χ0n) is 17.4. The summed E-state index contributed by atoms with van der Waals surface area (Å²) in [6.45, 7) is 6.36. The molecule has 0 saturated heterocycles. The second-order valence-electron chi connectivity index (χ2n) is 7.07. The summed E-state index contributed by atoms with van der Waals surface area (Å²) in [7, 11) is 0. The molecule has 0 radical (unpaired) electrons. The van der Waals surface area contributed by atoms with E-state index in [0.717, 1.165) is 19.1 Å². The minimum absolute atomic E-state index is 0.0589. The summed E-state index contributed by atoms with van der Waals surface area (Å²) in [4.78, 5) is 32.8. The van der Waals surface area contributed by atoms with Crippen molar-refractivity contribution in [3.8, 4) is 0 Å². The highest BCUT2D eigenvalue weighted by atomic mass is 16.5. The number of ether oxygens (including phenoxy) is 4. The van der Waals surface area contributed by atoms with Crippen LogP contribution in [-0.2, 0) is 33.3 Å². The molecule has 164 valence electrons. The molecule has 0 unspecified atom stereocenters. The highest BCUT2D eigenvalue weighted by Gasteiger charge is 2.32. The molecule has 8 heteroatoms. The van der Waals surface area contributed by atoms with Gasteiger partial charge in [-0.15, -0.1) is 0 Å². The minimum Gasteiger partial charge on any atom is -0.381 e. The first-order chi connectivity index (χ1) is 13.5. The predicted molar refractivity (Wildman–Crippen MR) is 105 cm³/mol. The SMILES string of the molecule is CC(=O)CCOCC(COCCC=O)(COCCCCN)COCCC(C)=O. The average molecular weight is 404 g/mol. The van der Waals surface area contributed by atoms with Crippen molar-refractivity contribution in [2.24, 2.45) is 11.1 Å². The fourth-order valence-electron chi connectivity index (χ4n) is 2.32. The van der Waals surface area contributed by atoms with Gasteiger partial charge >= 0.3 is 0 Å². The van der Waals surface area contributed by atoms with Crippen LogP contribution in [0.2, 0.25) is 0 Å². The van der Waals surface area contributed by atoms with E-state index in [2.05, 4.69) is 0 Å². The molecule has 0 saturated carbocycles. The summed E-state index contributed by atoms with van der Waals surface area (Å²) in [5.74, 6) is 0.118. The van der Waals surface area contributed by atoms with Crippen LogP contribution in [0.1, 0.15) is 46.0 Å². The third kappa shape index (κ3) is 15.8. The Balaban J connectivity index is 4.81. The third-order valence-electron chi connectivity index (χ3n) is 3.95. The Hall–Kier alpha value is -1.19. The number of carbonyl (C=O) groups excluding carboxylic acids is 3. The number of unbranched alkanes of at least 4 members (excludes halogenated alkanes) is 1. The third-order valence-corrected chi connectivity index (χ3v) is 3.95. The lowest BCUT2D eigenvalue weighted by Crippen LogP contribution is -2.42. The Labute approximate surface area is 168 Å². The highest BCUT2D eigenvalue weighted by molar-refractivity contribution is 5.75. The van der Waals surface area contributed by atoms with E-state index in [-0.39, 0.29) is 18.2 Å². The predicted octanol–water partition coefficient (Wildman–Crippen LogP) is 1.33. The van der Waals surface area contributed by atoms with Crippen molar-refractivity contribution in [1.82, 2.24) is 0 Å². The number of ketones is 2. The van der Waals surface area contributed by atoms with E-state index in [9.17, 15) is 14.4 Å². The number of Topliss-reactive ketones (excluding diaryl/α,β-unsaturated/α-hetero) is 2. The van der Waals surface area contributed by atoms with E-state index in [1.54, 1.807) is 0 Å². The van der Waals surface area contributed by atoms with E-state index in [4.69, 9.17) is 24.7 Å². The molecule has 28 heavy (non-hydrogen) atoms. The molecule has 8 nitrogen and oxygen atoms in total. The van der Waals surface area contributed by atoms with Gasteiger partial charge in [-0.05, 0) is 33.2 Å². The minimum atomic E-state index is -0.584. The zero-order chi connectivity index (χ0) is 21.1. The first-order valence-corrected chi connectivity index (χ1v) is 9.89. The Morgan fingerprint density at radius 2 is 1.25 bits per heavy atom. The molecular formula is C20H37NO7. The van der Waals surface area contributed by atoms with Gasteiger partial charge in [-0.1, -0.05) is 0 Å². The monoisotopic (exact) mass is 403 g/mol. The summed E-state index contributed by atoms with van der Waals surface area (Å²) >= 11 is 0. The van der Waals surface area contributed by atoms with Gasteiger partial charge in [0.05, 0.1) is 51.7 Å². The average Bonchev–Trinajstić information content (AvgIpc) is 2.65. The first-order valence-electron chi connectivity index (χ1n) is 9.89. The second-order valence-corrected chi connectivity index (χ2v) is 7.07. The van der Waals surface area contributed by atoms with Gasteiger partial charge in [-0.25, -0.2) is 0 Å². The fraction of sp³-hybridized carbons (Fsp3) is 0.850. The topological polar surface area (TPSA) is 114 Å². The van der Waals surface area contributed by atoms with Crippen molar-refractivity contribution in [3.05, 3.63) is 0 Å². The lowest BCUT2D eigenvalue weighted by atomic mass is 9.92. The van der Waals surface area contributed by atoms with Crippen LogP contribution in [-0.4, -0.2) is 77.3 Å². The number of rotatable bonds is 21. The summed E-state index contributed by atoms with van der Waals surface area (Å²) in [5, 5.41) is 0. The van der Waals surface area contributed by atoms with Crippen LogP contribution in [0.15, 0.2) is 0 Å². The van der Waals surface area contributed by atoms with Crippen molar-refractivity contribution in [2.75, 3.05) is 59.4 Å². The van der Waals surface area contributed by atoms with E-state index < -0.39 is 5.41 Å². The van der Waals surface area contributed by atoms with Crippen molar-refractivity contribution in [2.45, 2.75) is 46.0 Å². The van der Waals surface area contributed by atoms with Crippen LogP contribution in [0.4, 0.5) is 0 Å². The molecule has 0 aromatic heterocycles. The van der Waals surface area contributed by atoms with Crippen LogP contribution < -0.4 is 5.73 Å². The molecule has 0 aliphatic heterocycles. The van der Waals surface area contributed by atoms with Crippen LogP contribution in [0.25, 0.3) is 0 Å². The molecule has 0 aromatic rings. The summed E-state index contributed by atoms with van der Waals surface area (Å²) in [6, 6.07) is 0. The van der Waals surface area contributed by atoms with Gasteiger partial charge in [0, 0.05) is 25.9 Å². The van der Waals surface area contributed by atoms with Crippen molar-refractivity contribution >= 4 is 17.9 Å². The van der Waals surface area contributed by atoms with Gasteiger partial charge in [0.1, 0.15) is 17.9 Å². The van der Waals surface area contributed by atoms with E-state index in [1.165, 1.54) is 13.8 Å². The number of hydrogen-bond acceptors (Lipinski definition) is 8. The van der Waals surface area contributed by atoms with Gasteiger partial charge in [-0.2, -0.15) is 0 Å². The van der Waals surface area contributed by atoms with E-state index in [1.807, 2.05) is 0 Å². The molecule has 0 aliphatic rings. The number of aldehydes is 1. The molecule has 0 heterocycles. The Kier molecular flexibility index (Phi) is 17.1. The maximum Gasteiger partial charge on any atom is 0.132 e. The van der Waals surface area contributed by atoms with Crippen molar-refractivity contribution < 1.29 is 33.3 Å². The lowest BCUT2D eigenvalue weighted by molar-refractivity contribution is -0.123. The van der Waals surface area contributed by atoms with Gasteiger partial charge in [0.15, 0.2) is 0 Å². The molecule has 0 atom stereocenters. The van der Waals surface area contributed by atoms with E-state index >= 15 is 0 Å². The van der Waals surface area contributed by atoms with Gasteiger partial charge in [0.25, 0.3) is 0 Å². The maximum absolute atomic E-state index is 11.1. The molecular weight excluding hydrogens is 366 g/mol. The fourth-order valence-corrected chi connectivity index (χ4v) is 2.32. The molecule has 0 rings (SSSR count). The summed E-state index contributed by atoms with van der Waals surface area (Å²) in [6.07, 6.45) is 3.53. The van der Waals surface area contributed by atoms with Gasteiger partial charge < -0.3 is 29.5 Å². The van der Waals surface area contributed by atoms with Gasteiger partial charge in [0.2, 0.25) is 0 Å². The number of hydrogen-bond donors (Lipinski definition) is 1. The molecule has 0 aliphatic carbocycles. The summed E-state index contributed by atoms with van der Waals surface area (Å²) < 4.78 is 22.9. The first kappa shape index (κ1) is 26.8. The van der Waals surface area contributed by atoms with Crippen LogP contribution in [0.5, 0.6) is 0 Å². The van der Waals surface area contributed by atoms with Crippen LogP contribution in [0, 0.1) is 5.41 Å². The molecule has 2 N–H and O–H groups in total. The molecule has 0 bridgehead atoms. The summed E-state index contributed by atoms with van der Waals surface area (Å²) in [5.41, 5.74) is 4.92. The standard InChI is InChI=1S/C20H37NO7/c1-18(23)6-12-27-16-20(15-26-11-5-9-22,14-25-10-4-3-8-21)17-28-13-7-19(2)24/h9H,3-8,10-17,21H2,1-2H3. The van der Waals surface area contributed by atoms with Crippen molar-refractivity contribution in [3.63, 3.8) is 0 Å². The Morgan fingerprint density at radius 1 is 0.786 bits per heavy atom. The highest BCUT2D eigenvalue weighted by Crippen LogP contribution is 2.21. The zero-order valence-corrected chi connectivity index (χ0v) is 17.4. The van der Waals surface area contributed by atoms with Gasteiger partial charge in [-0.3, -0.25) is 9.59 Å². The molecule has 0 amide bonds. The maximum atomic E-state index is 11.1. The Morgan fingerprint density at radius 3 is 1.68 bits per heavy atom.